The third-order valence-electron chi connectivity index (χ3n) is 2.72. The zero-order valence-corrected chi connectivity index (χ0v) is 13.9. The molecule has 102 valence electrons. The van der Waals surface area contributed by atoms with Crippen molar-refractivity contribution in [3.63, 3.8) is 0 Å². The number of fused-ring (bicyclic) bond motifs is 1. The van der Waals surface area contributed by atoms with Gasteiger partial charge in [-0.15, -0.1) is 9.19 Å². The first kappa shape index (κ1) is 13.7. The van der Waals surface area contributed by atoms with Gasteiger partial charge in [-0.3, -0.25) is 0 Å². The highest BCUT2D eigenvalue weighted by molar-refractivity contribution is 9.11. The zero-order valence-electron chi connectivity index (χ0n) is 9.86. The Morgan fingerprint density at radius 3 is 2.60 bits per heavy atom. The molecule has 0 N–H and O–H groups in total. The maximum atomic E-state index is 12.7. The first-order valence-electron chi connectivity index (χ1n) is 5.51. The summed E-state index contributed by atoms with van der Waals surface area (Å²) in [5.41, 5.74) is 0.974. The molecule has 0 unspecified atom stereocenters. The molecule has 0 saturated heterocycles. The monoisotopic (exact) mass is 415 g/mol. The highest BCUT2D eigenvalue weighted by Gasteiger charge is 2.23. The summed E-state index contributed by atoms with van der Waals surface area (Å²) in [6.45, 7) is 0. The standard InChI is InChI=1S/C12H7Br2N3O2S/c13-8-5-6-9(14)12(7-8)20(18,19)17-11-4-2-1-3-10(11)15-16-17/h1-7H. The summed E-state index contributed by atoms with van der Waals surface area (Å²) in [5.74, 6) is 0. The fourth-order valence-corrected chi connectivity index (χ4v) is 4.49. The van der Waals surface area contributed by atoms with Gasteiger partial charge in [-0.05, 0) is 46.3 Å². The van der Waals surface area contributed by atoms with Crippen LogP contribution < -0.4 is 0 Å². The SMILES string of the molecule is O=S(=O)(c1cc(Br)ccc1Br)n1nnc2ccccc21. The van der Waals surface area contributed by atoms with Gasteiger partial charge in [0.05, 0.1) is 0 Å². The van der Waals surface area contributed by atoms with Crippen LogP contribution in [0.1, 0.15) is 0 Å². The van der Waals surface area contributed by atoms with Gasteiger partial charge >= 0.3 is 0 Å². The molecule has 0 saturated carbocycles. The summed E-state index contributed by atoms with van der Waals surface area (Å²) in [7, 11) is -3.81. The van der Waals surface area contributed by atoms with Crippen LogP contribution in [0, 0.1) is 0 Å². The van der Waals surface area contributed by atoms with E-state index in [9.17, 15) is 8.42 Å². The van der Waals surface area contributed by atoms with Crippen LogP contribution in [-0.4, -0.2) is 22.8 Å². The van der Waals surface area contributed by atoms with E-state index in [0.29, 0.717) is 20.0 Å². The Hall–Kier alpha value is -1.25. The quantitative estimate of drug-likeness (QED) is 0.643. The Morgan fingerprint density at radius 2 is 1.80 bits per heavy atom. The van der Waals surface area contributed by atoms with Crippen LogP contribution in [0.25, 0.3) is 11.0 Å². The van der Waals surface area contributed by atoms with Crippen LogP contribution in [0.3, 0.4) is 0 Å². The molecule has 0 atom stereocenters. The van der Waals surface area contributed by atoms with Crippen molar-refractivity contribution in [3.05, 3.63) is 51.4 Å². The molecule has 0 bridgehead atoms. The van der Waals surface area contributed by atoms with Crippen molar-refractivity contribution in [1.82, 2.24) is 14.4 Å². The molecule has 0 spiro atoms. The number of halogens is 2. The highest BCUT2D eigenvalue weighted by Crippen LogP contribution is 2.28. The van der Waals surface area contributed by atoms with Gasteiger partial charge in [0, 0.05) is 8.95 Å². The number of para-hydroxylation sites is 1. The number of nitrogens with zero attached hydrogens (tertiary/aromatic N) is 3. The second-order valence-corrected chi connectivity index (χ2v) is 7.51. The molecule has 3 rings (SSSR count). The van der Waals surface area contributed by atoms with Crippen LogP contribution in [-0.2, 0) is 10.0 Å². The maximum absolute atomic E-state index is 12.7. The summed E-state index contributed by atoms with van der Waals surface area (Å²) >= 11 is 6.53. The molecular weight excluding hydrogens is 410 g/mol. The molecule has 0 aliphatic carbocycles. The first-order valence-corrected chi connectivity index (χ1v) is 8.54. The molecule has 0 aliphatic rings. The second kappa shape index (κ2) is 4.94. The van der Waals surface area contributed by atoms with Crippen LogP contribution in [0.4, 0.5) is 0 Å². The Morgan fingerprint density at radius 1 is 1.05 bits per heavy atom. The molecule has 0 fully saturated rings. The van der Waals surface area contributed by atoms with Gasteiger partial charge in [0.1, 0.15) is 15.9 Å². The van der Waals surface area contributed by atoms with E-state index < -0.39 is 10.0 Å². The normalized spacial score (nSPS) is 11.9. The van der Waals surface area contributed by atoms with Gasteiger partial charge in [0.15, 0.2) is 0 Å². The molecule has 2 aromatic carbocycles. The van der Waals surface area contributed by atoms with E-state index in [-0.39, 0.29) is 4.90 Å². The smallest absolute Gasteiger partial charge is 0.199 e. The Labute approximate surface area is 131 Å². The molecule has 5 nitrogen and oxygen atoms in total. The van der Waals surface area contributed by atoms with Crippen molar-refractivity contribution >= 4 is 52.9 Å². The van der Waals surface area contributed by atoms with Crippen LogP contribution in [0.2, 0.25) is 0 Å². The fraction of sp³-hybridized carbons (Fsp3) is 0. The lowest BCUT2D eigenvalue weighted by Gasteiger charge is -2.07. The summed E-state index contributed by atoms with van der Waals surface area (Å²) in [6, 6.07) is 11.8. The number of rotatable bonds is 2. The molecule has 8 heteroatoms. The van der Waals surface area contributed by atoms with E-state index in [1.807, 2.05) is 0 Å². The second-order valence-electron chi connectivity index (χ2n) is 4.00. The van der Waals surface area contributed by atoms with Crippen molar-refractivity contribution < 1.29 is 8.42 Å². The average molecular weight is 417 g/mol. The van der Waals surface area contributed by atoms with Gasteiger partial charge in [-0.2, -0.15) is 8.42 Å². The largest absolute Gasteiger partial charge is 0.286 e. The molecular formula is C12H7Br2N3O2S. The fourth-order valence-electron chi connectivity index (χ4n) is 1.79. The molecule has 0 aliphatic heterocycles. The number of aromatic nitrogens is 3. The van der Waals surface area contributed by atoms with Crippen LogP contribution >= 0.6 is 31.9 Å². The predicted molar refractivity (Wildman–Crippen MR) is 82.0 cm³/mol. The van der Waals surface area contributed by atoms with Crippen LogP contribution in [0.5, 0.6) is 0 Å². The number of hydrogen-bond acceptors (Lipinski definition) is 4. The number of benzene rings is 2. The van der Waals surface area contributed by atoms with Gasteiger partial charge in [0.2, 0.25) is 0 Å². The summed E-state index contributed by atoms with van der Waals surface area (Å²) in [6.07, 6.45) is 0. The molecule has 1 aromatic heterocycles. The van der Waals surface area contributed by atoms with Crippen molar-refractivity contribution in [1.29, 1.82) is 0 Å². The molecule has 0 radical (unpaired) electrons. The summed E-state index contributed by atoms with van der Waals surface area (Å²) < 4.78 is 27.5. The molecule has 3 aromatic rings. The zero-order chi connectivity index (χ0) is 14.3. The Balaban J connectivity index is 2.29. The minimum atomic E-state index is -3.81. The third kappa shape index (κ3) is 2.17. The highest BCUT2D eigenvalue weighted by atomic mass is 79.9. The Bertz CT molecular complexity index is 906. The van der Waals surface area contributed by atoms with Crippen molar-refractivity contribution in [3.8, 4) is 0 Å². The lowest BCUT2D eigenvalue weighted by molar-refractivity contribution is 0.579. The van der Waals surface area contributed by atoms with E-state index in [1.165, 1.54) is 6.07 Å². The van der Waals surface area contributed by atoms with Crippen molar-refractivity contribution in [2.75, 3.05) is 0 Å². The predicted octanol–water partition coefficient (Wildman–Crippen LogP) is 3.19. The minimum absolute atomic E-state index is 0.127. The van der Waals surface area contributed by atoms with E-state index in [2.05, 4.69) is 42.2 Å². The summed E-state index contributed by atoms with van der Waals surface area (Å²) in [5, 5.41) is 7.63. The van der Waals surface area contributed by atoms with E-state index in [4.69, 9.17) is 0 Å². The lowest BCUT2D eigenvalue weighted by Crippen LogP contribution is -2.15. The topological polar surface area (TPSA) is 64.8 Å². The van der Waals surface area contributed by atoms with E-state index in [0.717, 1.165) is 4.09 Å². The van der Waals surface area contributed by atoms with Gasteiger partial charge in [-0.1, -0.05) is 33.3 Å². The summed E-state index contributed by atoms with van der Waals surface area (Å²) in [4.78, 5) is 0.127. The molecule has 0 amide bonds. The van der Waals surface area contributed by atoms with E-state index in [1.54, 1.807) is 36.4 Å². The van der Waals surface area contributed by atoms with Gasteiger partial charge < -0.3 is 0 Å². The first-order chi connectivity index (χ1) is 9.50. The third-order valence-corrected chi connectivity index (χ3v) is 5.79. The van der Waals surface area contributed by atoms with Crippen molar-refractivity contribution in [2.24, 2.45) is 0 Å². The van der Waals surface area contributed by atoms with Gasteiger partial charge in [-0.25, -0.2) is 0 Å². The average Bonchev–Trinajstić information content (AvgIpc) is 2.86. The maximum Gasteiger partial charge on any atom is 0.286 e. The van der Waals surface area contributed by atoms with Crippen LogP contribution in [0.15, 0.2) is 56.3 Å². The molecule has 20 heavy (non-hydrogen) atoms. The van der Waals surface area contributed by atoms with Gasteiger partial charge in [0.25, 0.3) is 10.0 Å². The lowest BCUT2D eigenvalue weighted by atomic mass is 10.3. The minimum Gasteiger partial charge on any atom is -0.199 e. The number of hydrogen-bond donors (Lipinski definition) is 0. The molecule has 1 heterocycles. The van der Waals surface area contributed by atoms with E-state index >= 15 is 0 Å². The Kier molecular flexibility index (Phi) is 3.39. The van der Waals surface area contributed by atoms with Crippen molar-refractivity contribution in [2.45, 2.75) is 4.90 Å².